The molecule has 25 heavy (non-hydrogen) atoms. The minimum atomic E-state index is -0.854. The zero-order valence-corrected chi connectivity index (χ0v) is 13.5. The van der Waals surface area contributed by atoms with Crippen LogP contribution < -0.4 is 16.0 Å². The number of nitrogens with zero attached hydrogens (tertiary/aromatic N) is 1. The SMILES string of the molecule is O=C(NC[C@@H]1C[C@H](F)CN1)c1cccc(NC(=O)c2cccnc2)c1. The van der Waals surface area contributed by atoms with Crippen molar-refractivity contribution in [2.45, 2.75) is 18.6 Å². The molecule has 2 amide bonds. The van der Waals surface area contributed by atoms with Crippen LogP contribution in [0.25, 0.3) is 0 Å². The lowest BCUT2D eigenvalue weighted by Crippen LogP contribution is -2.37. The molecule has 2 aromatic rings. The maximum atomic E-state index is 13.1. The first-order chi connectivity index (χ1) is 12.1. The van der Waals surface area contributed by atoms with Crippen molar-refractivity contribution in [1.82, 2.24) is 15.6 Å². The van der Waals surface area contributed by atoms with E-state index in [1.807, 2.05) is 0 Å². The third-order valence-electron chi connectivity index (χ3n) is 3.98. The summed E-state index contributed by atoms with van der Waals surface area (Å²) in [6, 6.07) is 9.95. The Morgan fingerprint density at radius 2 is 2.04 bits per heavy atom. The number of hydrogen-bond donors (Lipinski definition) is 3. The first-order valence-electron chi connectivity index (χ1n) is 8.09. The molecule has 0 unspecified atom stereocenters. The lowest BCUT2D eigenvalue weighted by atomic mass is 10.1. The fourth-order valence-electron chi connectivity index (χ4n) is 2.68. The van der Waals surface area contributed by atoms with Gasteiger partial charge in [-0.05, 0) is 36.8 Å². The summed E-state index contributed by atoms with van der Waals surface area (Å²) < 4.78 is 13.1. The molecule has 7 heteroatoms. The maximum Gasteiger partial charge on any atom is 0.257 e. The van der Waals surface area contributed by atoms with Crippen LogP contribution in [0.15, 0.2) is 48.8 Å². The molecule has 0 aliphatic carbocycles. The highest BCUT2D eigenvalue weighted by molar-refractivity contribution is 6.04. The van der Waals surface area contributed by atoms with Crippen molar-refractivity contribution < 1.29 is 14.0 Å². The molecule has 2 heterocycles. The normalized spacial score (nSPS) is 19.4. The van der Waals surface area contributed by atoms with Crippen molar-refractivity contribution >= 4 is 17.5 Å². The van der Waals surface area contributed by atoms with Crippen LogP contribution in [0.4, 0.5) is 10.1 Å². The van der Waals surface area contributed by atoms with Crippen molar-refractivity contribution in [2.75, 3.05) is 18.4 Å². The number of anilines is 1. The number of halogens is 1. The molecule has 3 N–H and O–H groups in total. The van der Waals surface area contributed by atoms with E-state index in [2.05, 4.69) is 20.9 Å². The number of alkyl halides is 1. The first kappa shape index (κ1) is 17.0. The predicted molar refractivity (Wildman–Crippen MR) is 92.3 cm³/mol. The summed E-state index contributed by atoms with van der Waals surface area (Å²) in [5, 5.41) is 8.53. The van der Waals surface area contributed by atoms with Gasteiger partial charge in [0.25, 0.3) is 11.8 Å². The van der Waals surface area contributed by atoms with Gasteiger partial charge in [-0.2, -0.15) is 0 Å². The largest absolute Gasteiger partial charge is 0.350 e. The molecule has 1 saturated heterocycles. The first-order valence-corrected chi connectivity index (χ1v) is 8.09. The highest BCUT2D eigenvalue weighted by atomic mass is 19.1. The Morgan fingerprint density at radius 3 is 2.76 bits per heavy atom. The number of pyridine rings is 1. The lowest BCUT2D eigenvalue weighted by Gasteiger charge is -2.12. The van der Waals surface area contributed by atoms with Crippen molar-refractivity contribution in [3.63, 3.8) is 0 Å². The highest BCUT2D eigenvalue weighted by Crippen LogP contribution is 2.13. The Labute approximate surface area is 144 Å². The van der Waals surface area contributed by atoms with Crippen LogP contribution >= 0.6 is 0 Å². The van der Waals surface area contributed by atoms with Gasteiger partial charge in [0.1, 0.15) is 6.17 Å². The molecular formula is C18H19FN4O2. The summed E-state index contributed by atoms with van der Waals surface area (Å²) in [6.07, 6.45) is 2.61. The quantitative estimate of drug-likeness (QED) is 0.773. The topological polar surface area (TPSA) is 83.1 Å². The average molecular weight is 342 g/mol. The molecule has 0 radical (unpaired) electrons. The fourth-order valence-corrected chi connectivity index (χ4v) is 2.68. The van der Waals surface area contributed by atoms with E-state index in [-0.39, 0.29) is 17.9 Å². The molecule has 6 nitrogen and oxygen atoms in total. The molecule has 130 valence electrons. The van der Waals surface area contributed by atoms with Crippen LogP contribution in [-0.2, 0) is 0 Å². The second-order valence-electron chi connectivity index (χ2n) is 5.92. The lowest BCUT2D eigenvalue weighted by molar-refractivity contribution is 0.0948. The second kappa shape index (κ2) is 7.85. The second-order valence-corrected chi connectivity index (χ2v) is 5.92. The van der Waals surface area contributed by atoms with Crippen LogP contribution in [0, 0.1) is 0 Å². The highest BCUT2D eigenvalue weighted by Gasteiger charge is 2.23. The van der Waals surface area contributed by atoms with E-state index in [0.29, 0.717) is 36.3 Å². The van der Waals surface area contributed by atoms with Crippen LogP contribution in [0.5, 0.6) is 0 Å². The average Bonchev–Trinajstić information content (AvgIpc) is 3.06. The molecule has 2 atom stereocenters. The minimum Gasteiger partial charge on any atom is -0.350 e. The van der Waals surface area contributed by atoms with Gasteiger partial charge in [-0.15, -0.1) is 0 Å². The van der Waals surface area contributed by atoms with Crippen molar-refractivity contribution in [3.8, 4) is 0 Å². The van der Waals surface area contributed by atoms with Crippen LogP contribution in [0.1, 0.15) is 27.1 Å². The van der Waals surface area contributed by atoms with E-state index in [0.717, 1.165) is 0 Å². The molecule has 0 saturated carbocycles. The van der Waals surface area contributed by atoms with Gasteiger partial charge in [0.05, 0.1) is 5.56 Å². The van der Waals surface area contributed by atoms with Crippen molar-refractivity contribution in [3.05, 3.63) is 59.9 Å². The van der Waals surface area contributed by atoms with Crippen molar-refractivity contribution in [2.24, 2.45) is 0 Å². The van der Waals surface area contributed by atoms with Gasteiger partial charge >= 0.3 is 0 Å². The number of hydrogen-bond acceptors (Lipinski definition) is 4. The van der Waals surface area contributed by atoms with E-state index < -0.39 is 6.17 Å². The van der Waals surface area contributed by atoms with Gasteiger partial charge in [-0.1, -0.05) is 6.07 Å². The van der Waals surface area contributed by atoms with Crippen LogP contribution in [-0.4, -0.2) is 42.1 Å². The third kappa shape index (κ3) is 4.60. The molecular weight excluding hydrogens is 323 g/mol. The van der Waals surface area contributed by atoms with E-state index in [1.54, 1.807) is 42.6 Å². The summed E-state index contributed by atoms with van der Waals surface area (Å²) in [7, 11) is 0. The number of rotatable bonds is 5. The number of benzene rings is 1. The zero-order valence-electron chi connectivity index (χ0n) is 13.5. The molecule has 1 aliphatic rings. The van der Waals surface area contributed by atoms with Gasteiger partial charge in [-0.3, -0.25) is 14.6 Å². The van der Waals surface area contributed by atoms with Gasteiger partial charge in [0.15, 0.2) is 0 Å². The van der Waals surface area contributed by atoms with Gasteiger partial charge < -0.3 is 16.0 Å². The Bertz CT molecular complexity index is 754. The van der Waals surface area contributed by atoms with E-state index in [1.165, 1.54) is 6.20 Å². The van der Waals surface area contributed by atoms with Crippen LogP contribution in [0.3, 0.4) is 0 Å². The summed E-state index contributed by atoms with van der Waals surface area (Å²) in [5.74, 6) is -0.559. The monoisotopic (exact) mass is 342 g/mol. The van der Waals surface area contributed by atoms with Gasteiger partial charge in [0.2, 0.25) is 0 Å². The predicted octanol–water partition coefficient (Wildman–Crippen LogP) is 1.76. The number of carbonyl (C=O) groups excluding carboxylic acids is 2. The Hall–Kier alpha value is -2.80. The Balaban J connectivity index is 1.59. The molecule has 1 aromatic heterocycles. The summed E-state index contributed by atoms with van der Waals surface area (Å²) >= 11 is 0. The minimum absolute atomic E-state index is 0.0487. The summed E-state index contributed by atoms with van der Waals surface area (Å²) in [5.41, 5.74) is 1.38. The summed E-state index contributed by atoms with van der Waals surface area (Å²) in [6.45, 7) is 0.696. The van der Waals surface area contributed by atoms with E-state index >= 15 is 0 Å². The Kier molecular flexibility index (Phi) is 5.35. The summed E-state index contributed by atoms with van der Waals surface area (Å²) in [4.78, 5) is 28.3. The van der Waals surface area contributed by atoms with Crippen molar-refractivity contribution in [1.29, 1.82) is 0 Å². The third-order valence-corrected chi connectivity index (χ3v) is 3.98. The Morgan fingerprint density at radius 1 is 1.20 bits per heavy atom. The number of nitrogens with one attached hydrogen (secondary N) is 3. The smallest absolute Gasteiger partial charge is 0.257 e. The number of carbonyl (C=O) groups is 2. The molecule has 0 spiro atoms. The fraction of sp³-hybridized carbons (Fsp3) is 0.278. The van der Waals surface area contributed by atoms with Gasteiger partial charge in [-0.25, -0.2) is 4.39 Å². The molecule has 1 aliphatic heterocycles. The standard InChI is InChI=1S/C18H19FN4O2/c19-14-8-16(21-10-14)11-22-17(24)12-3-1-5-15(7-12)23-18(25)13-4-2-6-20-9-13/h1-7,9,14,16,21H,8,10-11H2,(H,22,24)(H,23,25)/t14-,16-/m0/s1. The van der Waals surface area contributed by atoms with E-state index in [4.69, 9.17) is 0 Å². The molecule has 3 rings (SSSR count). The molecule has 0 bridgehead atoms. The molecule has 1 aromatic carbocycles. The van der Waals surface area contributed by atoms with Crippen LogP contribution in [0.2, 0.25) is 0 Å². The number of aromatic nitrogens is 1. The maximum absolute atomic E-state index is 13.1. The van der Waals surface area contributed by atoms with E-state index in [9.17, 15) is 14.0 Å². The zero-order chi connectivity index (χ0) is 17.6. The molecule has 1 fully saturated rings. The van der Waals surface area contributed by atoms with Gasteiger partial charge in [0, 0.05) is 42.8 Å². The number of amides is 2.